The summed E-state index contributed by atoms with van der Waals surface area (Å²) in [5.41, 5.74) is 3.38. The number of hydrogen-bond acceptors (Lipinski definition) is 3. The van der Waals surface area contributed by atoms with Crippen LogP contribution in [0.3, 0.4) is 0 Å². The van der Waals surface area contributed by atoms with Gasteiger partial charge in [-0.05, 0) is 35.2 Å². The first-order chi connectivity index (χ1) is 12.6. The Kier molecular flexibility index (Phi) is 5.56. The molecule has 5 nitrogen and oxygen atoms in total. The Morgan fingerprint density at radius 2 is 1.81 bits per heavy atom. The van der Waals surface area contributed by atoms with E-state index in [0.717, 1.165) is 28.9 Å². The fraction of sp³-hybridized carbons (Fsp3) is 0.333. The van der Waals surface area contributed by atoms with E-state index in [1.807, 2.05) is 48.5 Å². The van der Waals surface area contributed by atoms with Gasteiger partial charge in [0.25, 0.3) is 0 Å². The van der Waals surface area contributed by atoms with E-state index in [4.69, 9.17) is 4.74 Å². The summed E-state index contributed by atoms with van der Waals surface area (Å²) in [6.45, 7) is 2.54. The molecule has 2 aromatic carbocycles. The average molecular weight is 352 g/mol. The fourth-order valence-electron chi connectivity index (χ4n) is 3.33. The highest BCUT2D eigenvalue weighted by atomic mass is 16.5. The number of amides is 2. The van der Waals surface area contributed by atoms with Crippen molar-refractivity contribution in [3.63, 3.8) is 0 Å². The molecule has 1 atom stereocenters. The highest BCUT2D eigenvalue weighted by Crippen LogP contribution is 2.23. The van der Waals surface area contributed by atoms with Gasteiger partial charge in [0.2, 0.25) is 11.8 Å². The van der Waals surface area contributed by atoms with Gasteiger partial charge in [0.05, 0.1) is 7.11 Å². The van der Waals surface area contributed by atoms with Crippen LogP contribution in [0.15, 0.2) is 48.5 Å². The van der Waals surface area contributed by atoms with Crippen molar-refractivity contribution >= 4 is 11.8 Å². The molecule has 0 aromatic heterocycles. The van der Waals surface area contributed by atoms with Gasteiger partial charge in [-0.1, -0.05) is 36.4 Å². The lowest BCUT2D eigenvalue weighted by molar-refractivity contribution is -0.140. The minimum Gasteiger partial charge on any atom is -0.497 e. The number of methoxy groups -OCH3 is 1. The Hall–Kier alpha value is -2.82. The molecular weight excluding hydrogens is 328 g/mol. The second-order valence-corrected chi connectivity index (χ2v) is 6.52. The predicted octanol–water partition coefficient (Wildman–Crippen LogP) is 2.33. The van der Waals surface area contributed by atoms with E-state index in [1.54, 1.807) is 12.0 Å². The summed E-state index contributed by atoms with van der Waals surface area (Å²) < 4.78 is 5.15. The lowest BCUT2D eigenvalue weighted by Crippen LogP contribution is -2.52. The first-order valence-electron chi connectivity index (χ1n) is 8.83. The minimum atomic E-state index is -0.446. The Morgan fingerprint density at radius 1 is 1.12 bits per heavy atom. The third kappa shape index (κ3) is 4.04. The molecule has 1 aliphatic rings. The number of carbonyl (C=O) groups excluding carboxylic acids is 2. The molecule has 1 aliphatic heterocycles. The number of nitrogens with zero attached hydrogens (tertiary/aromatic N) is 1. The molecule has 5 heteroatoms. The van der Waals surface area contributed by atoms with Crippen molar-refractivity contribution in [2.45, 2.75) is 32.4 Å². The predicted molar refractivity (Wildman–Crippen MR) is 99.9 cm³/mol. The Bertz CT molecular complexity index is 786. The topological polar surface area (TPSA) is 58.6 Å². The van der Waals surface area contributed by atoms with Crippen molar-refractivity contribution in [1.29, 1.82) is 0 Å². The van der Waals surface area contributed by atoms with Crippen molar-refractivity contribution in [2.24, 2.45) is 0 Å². The lowest BCUT2D eigenvalue weighted by Gasteiger charge is -2.35. The van der Waals surface area contributed by atoms with E-state index in [2.05, 4.69) is 5.32 Å². The summed E-state index contributed by atoms with van der Waals surface area (Å²) in [6.07, 6.45) is 1.29. The maximum Gasteiger partial charge on any atom is 0.243 e. The van der Waals surface area contributed by atoms with Crippen LogP contribution in [0, 0.1) is 0 Å². The van der Waals surface area contributed by atoms with E-state index >= 15 is 0 Å². The van der Waals surface area contributed by atoms with Crippen molar-refractivity contribution in [3.8, 4) is 5.75 Å². The van der Waals surface area contributed by atoms with Crippen LogP contribution in [-0.4, -0.2) is 36.4 Å². The van der Waals surface area contributed by atoms with Crippen LogP contribution >= 0.6 is 0 Å². The lowest BCUT2D eigenvalue weighted by atomic mass is 9.93. The zero-order chi connectivity index (χ0) is 18.5. The summed E-state index contributed by atoms with van der Waals surface area (Å²) in [4.78, 5) is 26.4. The Labute approximate surface area is 154 Å². The molecule has 0 radical (unpaired) electrons. The van der Waals surface area contributed by atoms with Crippen LogP contribution in [0.1, 0.15) is 23.6 Å². The number of nitrogens with one attached hydrogen (secondary N) is 1. The largest absolute Gasteiger partial charge is 0.497 e. The average Bonchev–Trinajstić information content (AvgIpc) is 2.67. The Balaban J connectivity index is 1.61. The van der Waals surface area contributed by atoms with Crippen LogP contribution in [0.2, 0.25) is 0 Å². The number of hydrogen-bond donors (Lipinski definition) is 1. The molecule has 0 bridgehead atoms. The molecule has 1 N–H and O–H groups in total. The van der Waals surface area contributed by atoms with Gasteiger partial charge in [-0.3, -0.25) is 9.59 Å². The summed E-state index contributed by atoms with van der Waals surface area (Å²) in [6, 6.07) is 15.3. The number of carbonyl (C=O) groups is 2. The molecule has 0 saturated heterocycles. The van der Waals surface area contributed by atoms with Crippen molar-refractivity contribution in [1.82, 2.24) is 10.2 Å². The summed E-state index contributed by atoms with van der Waals surface area (Å²) in [5, 5.41) is 2.98. The van der Waals surface area contributed by atoms with Gasteiger partial charge in [0.1, 0.15) is 11.8 Å². The molecule has 0 spiro atoms. The molecule has 0 saturated carbocycles. The smallest absolute Gasteiger partial charge is 0.243 e. The van der Waals surface area contributed by atoms with Gasteiger partial charge in [0.15, 0.2) is 0 Å². The summed E-state index contributed by atoms with van der Waals surface area (Å²) >= 11 is 0. The normalized spacial score (nSPS) is 15.9. The number of benzene rings is 2. The number of ether oxygens (including phenoxy) is 1. The van der Waals surface area contributed by atoms with Gasteiger partial charge in [-0.2, -0.15) is 0 Å². The van der Waals surface area contributed by atoms with Gasteiger partial charge in [0, 0.05) is 26.4 Å². The fourth-order valence-corrected chi connectivity index (χ4v) is 3.33. The minimum absolute atomic E-state index is 0.0743. The standard InChI is InChI=1S/C21H24N2O3/c1-15(24)23-14-18-6-4-3-5-17(18)13-20(23)21(25)22-12-11-16-7-9-19(26-2)10-8-16/h3-10,20H,11-14H2,1-2H3,(H,22,25)/t20-/m0/s1. The first-order valence-corrected chi connectivity index (χ1v) is 8.83. The van der Waals surface area contributed by atoms with E-state index in [-0.39, 0.29) is 11.8 Å². The maximum absolute atomic E-state index is 12.7. The van der Waals surface area contributed by atoms with Crippen molar-refractivity contribution in [3.05, 3.63) is 65.2 Å². The molecular formula is C21H24N2O3. The Morgan fingerprint density at radius 3 is 2.46 bits per heavy atom. The van der Waals surface area contributed by atoms with E-state index in [1.165, 1.54) is 6.92 Å². The van der Waals surface area contributed by atoms with Crippen molar-refractivity contribution in [2.75, 3.05) is 13.7 Å². The molecule has 0 aliphatic carbocycles. The van der Waals surface area contributed by atoms with E-state index in [0.29, 0.717) is 19.5 Å². The molecule has 0 fully saturated rings. The summed E-state index contributed by atoms with van der Waals surface area (Å²) in [7, 11) is 1.64. The van der Waals surface area contributed by atoms with Gasteiger partial charge in [-0.15, -0.1) is 0 Å². The van der Waals surface area contributed by atoms with E-state index < -0.39 is 6.04 Å². The molecule has 2 amide bonds. The zero-order valence-corrected chi connectivity index (χ0v) is 15.2. The molecule has 2 aromatic rings. The second kappa shape index (κ2) is 8.04. The molecule has 136 valence electrons. The van der Waals surface area contributed by atoms with Crippen LogP contribution in [0.5, 0.6) is 5.75 Å². The van der Waals surface area contributed by atoms with E-state index in [9.17, 15) is 9.59 Å². The highest BCUT2D eigenvalue weighted by Gasteiger charge is 2.32. The van der Waals surface area contributed by atoms with Crippen LogP contribution in [0.25, 0.3) is 0 Å². The quantitative estimate of drug-likeness (QED) is 0.898. The van der Waals surface area contributed by atoms with Gasteiger partial charge >= 0.3 is 0 Å². The van der Waals surface area contributed by atoms with Gasteiger partial charge < -0.3 is 15.0 Å². The van der Waals surface area contributed by atoms with Crippen LogP contribution in [-0.2, 0) is 29.0 Å². The molecule has 26 heavy (non-hydrogen) atoms. The third-order valence-electron chi connectivity index (χ3n) is 4.83. The second-order valence-electron chi connectivity index (χ2n) is 6.52. The van der Waals surface area contributed by atoms with Crippen molar-refractivity contribution < 1.29 is 14.3 Å². The van der Waals surface area contributed by atoms with Crippen LogP contribution < -0.4 is 10.1 Å². The van der Waals surface area contributed by atoms with Crippen LogP contribution in [0.4, 0.5) is 0 Å². The highest BCUT2D eigenvalue weighted by molar-refractivity contribution is 5.87. The SMILES string of the molecule is COc1ccc(CCNC(=O)[C@@H]2Cc3ccccc3CN2C(C)=O)cc1. The first kappa shape index (κ1) is 18.0. The van der Waals surface area contributed by atoms with Gasteiger partial charge in [-0.25, -0.2) is 0 Å². The summed E-state index contributed by atoms with van der Waals surface area (Å²) in [5.74, 6) is 0.647. The third-order valence-corrected chi connectivity index (χ3v) is 4.83. The number of rotatable bonds is 5. The molecule has 0 unspecified atom stereocenters. The number of fused-ring (bicyclic) bond motifs is 1. The maximum atomic E-state index is 12.7. The monoisotopic (exact) mass is 352 g/mol. The molecule has 1 heterocycles. The zero-order valence-electron chi connectivity index (χ0n) is 15.2. The molecule has 3 rings (SSSR count).